The molecule has 1 amide bonds. The molecular formula is C13H11N3O. The Labute approximate surface area is 98.6 Å². The van der Waals surface area contributed by atoms with Gasteiger partial charge in [-0.2, -0.15) is 5.26 Å². The number of aryl methyl sites for hydroxylation is 1. The molecule has 0 saturated carbocycles. The van der Waals surface area contributed by atoms with Gasteiger partial charge in [0.25, 0.3) is 5.91 Å². The lowest BCUT2D eigenvalue weighted by Gasteiger charge is -1.93. The second-order valence-electron chi connectivity index (χ2n) is 3.75. The Balaban J connectivity index is 2.65. The van der Waals surface area contributed by atoms with Crippen molar-refractivity contribution < 1.29 is 4.79 Å². The van der Waals surface area contributed by atoms with Crippen molar-refractivity contribution >= 4 is 22.9 Å². The van der Waals surface area contributed by atoms with Crippen molar-refractivity contribution in [3.8, 4) is 6.07 Å². The van der Waals surface area contributed by atoms with Gasteiger partial charge in [0.2, 0.25) is 0 Å². The van der Waals surface area contributed by atoms with Crippen LogP contribution in [-0.2, 0) is 11.8 Å². The standard InChI is InChI=1S/C13H11N3O/c1-16-8-10(6-9(7-14)13(15)17)11-4-2-3-5-12(11)16/h2-6,8H,1H3,(H2,15,17)/b9-6-. The van der Waals surface area contributed by atoms with Crippen LogP contribution in [0.3, 0.4) is 0 Å². The first-order valence-electron chi connectivity index (χ1n) is 5.09. The van der Waals surface area contributed by atoms with Gasteiger partial charge in [-0.15, -0.1) is 0 Å². The maximum absolute atomic E-state index is 11.0. The lowest BCUT2D eigenvalue weighted by molar-refractivity contribution is -0.114. The Morgan fingerprint density at radius 1 is 1.47 bits per heavy atom. The number of nitrogens with two attached hydrogens (primary N) is 1. The topological polar surface area (TPSA) is 71.8 Å². The van der Waals surface area contributed by atoms with Crippen molar-refractivity contribution in [3.63, 3.8) is 0 Å². The SMILES string of the molecule is Cn1cc(/C=C(/C#N)C(N)=O)c2ccccc21. The number of hydrogen-bond acceptors (Lipinski definition) is 2. The first-order valence-corrected chi connectivity index (χ1v) is 5.09. The molecule has 0 aliphatic carbocycles. The molecule has 2 rings (SSSR count). The highest BCUT2D eigenvalue weighted by Gasteiger charge is 2.07. The monoisotopic (exact) mass is 225 g/mol. The Kier molecular flexibility index (Phi) is 2.67. The Morgan fingerprint density at radius 3 is 2.82 bits per heavy atom. The Bertz CT molecular complexity index is 659. The van der Waals surface area contributed by atoms with Gasteiger partial charge in [0, 0.05) is 29.7 Å². The quantitative estimate of drug-likeness (QED) is 0.622. The number of hydrogen-bond donors (Lipinski definition) is 1. The predicted molar refractivity (Wildman–Crippen MR) is 65.7 cm³/mol. The predicted octanol–water partition coefficient (Wildman–Crippen LogP) is 1.57. The smallest absolute Gasteiger partial charge is 0.259 e. The van der Waals surface area contributed by atoms with Gasteiger partial charge in [-0.3, -0.25) is 4.79 Å². The van der Waals surface area contributed by atoms with Gasteiger partial charge < -0.3 is 10.3 Å². The number of primary amides is 1. The molecular weight excluding hydrogens is 214 g/mol. The average Bonchev–Trinajstić information content (AvgIpc) is 2.63. The largest absolute Gasteiger partial charge is 0.365 e. The zero-order valence-corrected chi connectivity index (χ0v) is 9.34. The van der Waals surface area contributed by atoms with Crippen molar-refractivity contribution in [2.75, 3.05) is 0 Å². The average molecular weight is 225 g/mol. The normalized spacial score (nSPS) is 11.4. The molecule has 1 aromatic heterocycles. The van der Waals surface area contributed by atoms with Crippen LogP contribution in [0.15, 0.2) is 36.0 Å². The summed E-state index contributed by atoms with van der Waals surface area (Å²) in [5.41, 5.74) is 6.93. The Hall–Kier alpha value is -2.54. The molecule has 4 nitrogen and oxygen atoms in total. The van der Waals surface area contributed by atoms with Gasteiger partial charge in [-0.25, -0.2) is 0 Å². The van der Waals surface area contributed by atoms with E-state index in [0.717, 1.165) is 16.5 Å². The van der Waals surface area contributed by atoms with E-state index in [1.807, 2.05) is 42.1 Å². The van der Waals surface area contributed by atoms with Crippen molar-refractivity contribution in [1.82, 2.24) is 4.57 Å². The van der Waals surface area contributed by atoms with E-state index in [0.29, 0.717) is 0 Å². The van der Waals surface area contributed by atoms with Crippen LogP contribution in [0.5, 0.6) is 0 Å². The van der Waals surface area contributed by atoms with Gasteiger partial charge in [0.05, 0.1) is 0 Å². The summed E-state index contributed by atoms with van der Waals surface area (Å²) in [5, 5.41) is 9.80. The summed E-state index contributed by atoms with van der Waals surface area (Å²) in [7, 11) is 1.91. The fraction of sp³-hybridized carbons (Fsp3) is 0.0769. The third-order valence-corrected chi connectivity index (χ3v) is 2.61. The van der Waals surface area contributed by atoms with E-state index in [2.05, 4.69) is 0 Å². The molecule has 0 unspecified atom stereocenters. The highest BCUT2D eigenvalue weighted by molar-refractivity contribution is 6.03. The molecule has 1 heterocycles. The number of benzene rings is 1. The minimum absolute atomic E-state index is 0.0404. The number of carbonyl (C=O) groups excluding carboxylic acids is 1. The molecule has 84 valence electrons. The molecule has 0 aliphatic rings. The molecule has 0 bridgehead atoms. The van der Waals surface area contributed by atoms with E-state index in [4.69, 9.17) is 11.0 Å². The summed E-state index contributed by atoms with van der Waals surface area (Å²) in [4.78, 5) is 11.0. The van der Waals surface area contributed by atoms with Crippen molar-refractivity contribution in [2.45, 2.75) is 0 Å². The number of aromatic nitrogens is 1. The number of nitriles is 1. The summed E-state index contributed by atoms with van der Waals surface area (Å²) in [6.07, 6.45) is 3.38. The zero-order valence-electron chi connectivity index (χ0n) is 9.34. The van der Waals surface area contributed by atoms with E-state index in [-0.39, 0.29) is 5.57 Å². The summed E-state index contributed by atoms with van der Waals surface area (Å²) >= 11 is 0. The number of rotatable bonds is 2. The fourth-order valence-electron chi connectivity index (χ4n) is 1.80. The summed E-state index contributed by atoms with van der Waals surface area (Å²) in [6, 6.07) is 9.57. The number of amides is 1. The van der Waals surface area contributed by atoms with E-state index in [1.54, 1.807) is 6.07 Å². The van der Waals surface area contributed by atoms with Crippen LogP contribution in [0.1, 0.15) is 5.56 Å². The van der Waals surface area contributed by atoms with Crippen LogP contribution < -0.4 is 5.73 Å². The summed E-state index contributed by atoms with van der Waals surface area (Å²) in [5.74, 6) is -0.708. The van der Waals surface area contributed by atoms with Crippen LogP contribution in [0.25, 0.3) is 17.0 Å². The molecule has 0 radical (unpaired) electrons. The minimum atomic E-state index is -0.708. The molecule has 0 fully saturated rings. The van der Waals surface area contributed by atoms with Crippen LogP contribution >= 0.6 is 0 Å². The first kappa shape index (κ1) is 11.0. The van der Waals surface area contributed by atoms with Crippen molar-refractivity contribution in [1.29, 1.82) is 5.26 Å². The molecule has 0 spiro atoms. The molecule has 17 heavy (non-hydrogen) atoms. The highest BCUT2D eigenvalue weighted by atomic mass is 16.1. The van der Waals surface area contributed by atoms with Gasteiger partial charge in [-0.1, -0.05) is 18.2 Å². The van der Waals surface area contributed by atoms with E-state index < -0.39 is 5.91 Å². The van der Waals surface area contributed by atoms with E-state index in [1.165, 1.54) is 6.08 Å². The van der Waals surface area contributed by atoms with Gasteiger partial charge in [0.15, 0.2) is 0 Å². The van der Waals surface area contributed by atoms with E-state index >= 15 is 0 Å². The summed E-state index contributed by atoms with van der Waals surface area (Å²) < 4.78 is 1.94. The van der Waals surface area contributed by atoms with Crippen LogP contribution in [0, 0.1) is 11.3 Å². The first-order chi connectivity index (χ1) is 8.13. The molecule has 4 heteroatoms. The molecule has 0 atom stereocenters. The van der Waals surface area contributed by atoms with Crippen molar-refractivity contribution in [3.05, 3.63) is 41.6 Å². The van der Waals surface area contributed by atoms with E-state index in [9.17, 15) is 4.79 Å². The van der Waals surface area contributed by atoms with Gasteiger partial charge in [-0.05, 0) is 12.1 Å². The van der Waals surface area contributed by atoms with Crippen LogP contribution in [0.4, 0.5) is 0 Å². The second kappa shape index (κ2) is 4.14. The van der Waals surface area contributed by atoms with Crippen molar-refractivity contribution in [2.24, 2.45) is 12.8 Å². The molecule has 2 N–H and O–H groups in total. The van der Waals surface area contributed by atoms with Gasteiger partial charge >= 0.3 is 0 Å². The molecule has 0 saturated heterocycles. The third-order valence-electron chi connectivity index (χ3n) is 2.61. The fourth-order valence-corrected chi connectivity index (χ4v) is 1.80. The maximum Gasteiger partial charge on any atom is 0.259 e. The molecule has 0 aliphatic heterocycles. The highest BCUT2D eigenvalue weighted by Crippen LogP contribution is 2.22. The minimum Gasteiger partial charge on any atom is -0.365 e. The third kappa shape index (κ3) is 1.91. The molecule has 1 aromatic carbocycles. The molecule has 2 aromatic rings. The van der Waals surface area contributed by atoms with Crippen LogP contribution in [0.2, 0.25) is 0 Å². The number of nitrogens with zero attached hydrogens (tertiary/aromatic N) is 2. The Morgan fingerprint density at radius 2 is 2.18 bits per heavy atom. The number of fused-ring (bicyclic) bond motifs is 1. The van der Waals surface area contributed by atoms with Gasteiger partial charge in [0.1, 0.15) is 11.6 Å². The number of carbonyl (C=O) groups is 1. The second-order valence-corrected chi connectivity index (χ2v) is 3.75. The number of para-hydroxylation sites is 1. The maximum atomic E-state index is 11.0. The lowest BCUT2D eigenvalue weighted by atomic mass is 10.1. The summed E-state index contributed by atoms with van der Waals surface area (Å²) in [6.45, 7) is 0. The lowest BCUT2D eigenvalue weighted by Crippen LogP contribution is -2.12. The van der Waals surface area contributed by atoms with Crippen LogP contribution in [-0.4, -0.2) is 10.5 Å². The zero-order chi connectivity index (χ0) is 12.4.